The molecule has 0 aliphatic carbocycles. The Morgan fingerprint density at radius 1 is 1.39 bits per heavy atom. The fraction of sp³-hybridized carbons (Fsp3) is 0.583. The van der Waals surface area contributed by atoms with E-state index in [9.17, 15) is 13.2 Å². The van der Waals surface area contributed by atoms with Crippen LogP contribution < -0.4 is 0 Å². The maximum Gasteiger partial charge on any atom is 0.187 e. The summed E-state index contributed by atoms with van der Waals surface area (Å²) in [7, 11) is -3.34. The lowest BCUT2D eigenvalue weighted by Gasteiger charge is -2.21. The van der Waals surface area contributed by atoms with E-state index in [-0.39, 0.29) is 11.5 Å². The third-order valence-electron chi connectivity index (χ3n) is 3.02. The second-order valence-corrected chi connectivity index (χ2v) is 8.02. The first-order valence-electron chi connectivity index (χ1n) is 5.88. The molecule has 0 amide bonds. The van der Waals surface area contributed by atoms with Crippen molar-refractivity contribution in [3.8, 4) is 0 Å². The van der Waals surface area contributed by atoms with Gasteiger partial charge in [-0.05, 0) is 31.9 Å². The lowest BCUT2D eigenvalue weighted by molar-refractivity contribution is 0.0972. The Bertz CT molecular complexity index is 524. The van der Waals surface area contributed by atoms with Gasteiger partial charge in [-0.2, -0.15) is 0 Å². The zero-order valence-corrected chi connectivity index (χ0v) is 11.9. The van der Waals surface area contributed by atoms with Crippen molar-refractivity contribution in [3.63, 3.8) is 0 Å². The zero-order chi connectivity index (χ0) is 13.2. The molecule has 0 spiro atoms. The van der Waals surface area contributed by atoms with Crippen molar-refractivity contribution in [2.45, 2.75) is 25.0 Å². The van der Waals surface area contributed by atoms with E-state index in [1.807, 2.05) is 13.0 Å². The van der Waals surface area contributed by atoms with Gasteiger partial charge in [0.05, 0.1) is 10.1 Å². The van der Waals surface area contributed by atoms with Crippen molar-refractivity contribution in [1.82, 2.24) is 0 Å². The van der Waals surface area contributed by atoms with Gasteiger partial charge in [0.1, 0.15) is 5.75 Å². The van der Waals surface area contributed by atoms with Gasteiger partial charge in [0.15, 0.2) is 15.6 Å². The number of Topliss-reactive ketones (excluding diaryl/α,β-unsaturated/α-hetero) is 1. The van der Waals surface area contributed by atoms with Crippen LogP contribution in [0.5, 0.6) is 0 Å². The van der Waals surface area contributed by atoms with Crippen LogP contribution in [0, 0.1) is 6.92 Å². The van der Waals surface area contributed by atoms with E-state index in [1.54, 1.807) is 6.07 Å². The Hall–Kier alpha value is -0.720. The maximum absolute atomic E-state index is 12.1. The number of hydrogen-bond donors (Lipinski definition) is 0. The summed E-state index contributed by atoms with van der Waals surface area (Å²) < 4.78 is 29.3. The van der Waals surface area contributed by atoms with Gasteiger partial charge >= 0.3 is 0 Å². The molecule has 2 rings (SSSR count). The highest BCUT2D eigenvalue weighted by molar-refractivity contribution is 7.92. The van der Waals surface area contributed by atoms with Crippen LogP contribution in [0.15, 0.2) is 12.1 Å². The third-order valence-corrected chi connectivity index (χ3v) is 6.22. The number of rotatable bonds is 4. The summed E-state index contributed by atoms with van der Waals surface area (Å²) >= 11 is 1.34. The quantitative estimate of drug-likeness (QED) is 0.793. The average molecular weight is 288 g/mol. The number of aryl methyl sites for hydroxylation is 1. The molecule has 1 fully saturated rings. The number of carbonyl (C=O) groups is 1. The highest BCUT2D eigenvalue weighted by Crippen LogP contribution is 2.20. The summed E-state index contributed by atoms with van der Waals surface area (Å²) in [5.41, 5.74) is 0. The normalized spacial score (nSPS) is 17.8. The molecule has 0 atom stereocenters. The zero-order valence-electron chi connectivity index (χ0n) is 10.2. The summed E-state index contributed by atoms with van der Waals surface area (Å²) in [6.45, 7) is 2.83. The van der Waals surface area contributed by atoms with Crippen molar-refractivity contribution in [2.75, 3.05) is 19.0 Å². The molecule has 1 aliphatic rings. The topological polar surface area (TPSA) is 60.4 Å². The van der Waals surface area contributed by atoms with E-state index in [0.717, 1.165) is 4.88 Å². The monoisotopic (exact) mass is 288 g/mol. The molecule has 1 aromatic rings. The predicted molar refractivity (Wildman–Crippen MR) is 71.0 cm³/mol. The molecular weight excluding hydrogens is 272 g/mol. The predicted octanol–water partition coefficient (Wildman–Crippen LogP) is 1.83. The summed E-state index contributed by atoms with van der Waals surface area (Å²) in [4.78, 5) is 13.5. The van der Waals surface area contributed by atoms with Crippen molar-refractivity contribution < 1.29 is 17.9 Å². The van der Waals surface area contributed by atoms with Crippen molar-refractivity contribution in [2.24, 2.45) is 0 Å². The van der Waals surface area contributed by atoms with Gasteiger partial charge in [0.25, 0.3) is 0 Å². The lowest BCUT2D eigenvalue weighted by Crippen LogP contribution is -2.32. The third kappa shape index (κ3) is 3.18. The molecule has 6 heteroatoms. The molecule has 0 radical (unpaired) electrons. The van der Waals surface area contributed by atoms with Crippen molar-refractivity contribution in [3.05, 3.63) is 21.9 Å². The second kappa shape index (κ2) is 5.50. The van der Waals surface area contributed by atoms with Crippen LogP contribution >= 0.6 is 11.3 Å². The Balaban J connectivity index is 2.05. The Morgan fingerprint density at radius 2 is 2.06 bits per heavy atom. The number of thiophene rings is 1. The number of ketones is 1. The van der Waals surface area contributed by atoms with Crippen LogP contribution in [0.2, 0.25) is 0 Å². The van der Waals surface area contributed by atoms with E-state index < -0.39 is 15.1 Å². The average Bonchev–Trinajstić information content (AvgIpc) is 2.77. The SMILES string of the molecule is Cc1ccc(C(=O)CS(=O)(=O)C2CCOCC2)s1. The van der Waals surface area contributed by atoms with Crippen LogP contribution in [-0.2, 0) is 14.6 Å². The largest absolute Gasteiger partial charge is 0.381 e. The van der Waals surface area contributed by atoms with E-state index >= 15 is 0 Å². The number of sulfone groups is 1. The fourth-order valence-electron chi connectivity index (χ4n) is 1.99. The lowest BCUT2D eigenvalue weighted by atomic mass is 10.2. The molecular formula is C12H16O4S2. The molecule has 0 bridgehead atoms. The van der Waals surface area contributed by atoms with E-state index in [4.69, 9.17) is 4.74 Å². The summed E-state index contributed by atoms with van der Waals surface area (Å²) in [5, 5.41) is -0.420. The highest BCUT2D eigenvalue weighted by Gasteiger charge is 2.30. The number of ether oxygens (including phenoxy) is 1. The molecule has 2 heterocycles. The van der Waals surface area contributed by atoms with Crippen LogP contribution in [-0.4, -0.2) is 38.4 Å². The molecule has 1 aliphatic heterocycles. The molecule has 0 aromatic carbocycles. The minimum absolute atomic E-state index is 0.292. The summed E-state index contributed by atoms with van der Waals surface area (Å²) in [6, 6.07) is 3.53. The van der Waals surface area contributed by atoms with Crippen LogP contribution in [0.25, 0.3) is 0 Å². The van der Waals surface area contributed by atoms with Gasteiger partial charge < -0.3 is 4.74 Å². The first-order chi connectivity index (χ1) is 8.49. The first kappa shape index (κ1) is 13.7. The molecule has 1 saturated heterocycles. The van der Waals surface area contributed by atoms with Crippen LogP contribution in [0.1, 0.15) is 27.4 Å². The van der Waals surface area contributed by atoms with Crippen LogP contribution in [0.4, 0.5) is 0 Å². The standard InChI is InChI=1S/C12H16O4S2/c1-9-2-3-12(17-9)11(13)8-18(14,15)10-4-6-16-7-5-10/h2-3,10H,4-8H2,1H3. The molecule has 0 saturated carbocycles. The van der Waals surface area contributed by atoms with E-state index in [1.165, 1.54) is 11.3 Å². The Morgan fingerprint density at radius 3 is 2.61 bits per heavy atom. The number of carbonyl (C=O) groups excluding carboxylic acids is 1. The van der Waals surface area contributed by atoms with Crippen molar-refractivity contribution >= 4 is 27.0 Å². The molecule has 4 nitrogen and oxygen atoms in total. The van der Waals surface area contributed by atoms with Gasteiger partial charge in [-0.1, -0.05) is 0 Å². The van der Waals surface area contributed by atoms with Gasteiger partial charge in [0, 0.05) is 18.1 Å². The van der Waals surface area contributed by atoms with E-state index in [2.05, 4.69) is 0 Å². The van der Waals surface area contributed by atoms with Gasteiger partial charge in [-0.15, -0.1) is 11.3 Å². The van der Waals surface area contributed by atoms with Gasteiger partial charge in [-0.25, -0.2) is 8.42 Å². The fourth-order valence-corrected chi connectivity index (χ4v) is 4.55. The van der Waals surface area contributed by atoms with E-state index in [0.29, 0.717) is 30.9 Å². The minimum Gasteiger partial charge on any atom is -0.381 e. The molecule has 100 valence electrons. The first-order valence-corrected chi connectivity index (χ1v) is 8.41. The Kier molecular flexibility index (Phi) is 4.19. The van der Waals surface area contributed by atoms with Gasteiger partial charge in [-0.3, -0.25) is 4.79 Å². The van der Waals surface area contributed by atoms with Crippen LogP contribution in [0.3, 0.4) is 0 Å². The summed E-state index contributed by atoms with van der Waals surface area (Å²) in [6.07, 6.45) is 0.998. The minimum atomic E-state index is -3.34. The smallest absolute Gasteiger partial charge is 0.187 e. The molecule has 18 heavy (non-hydrogen) atoms. The highest BCUT2D eigenvalue weighted by atomic mass is 32.2. The molecule has 0 unspecified atom stereocenters. The summed E-state index contributed by atoms with van der Waals surface area (Å²) in [5.74, 6) is -0.669. The Labute approximate surface area is 111 Å². The van der Waals surface area contributed by atoms with Crippen molar-refractivity contribution in [1.29, 1.82) is 0 Å². The molecule has 1 aromatic heterocycles. The second-order valence-electron chi connectivity index (χ2n) is 4.45. The number of hydrogen-bond acceptors (Lipinski definition) is 5. The maximum atomic E-state index is 12.1. The van der Waals surface area contributed by atoms with Gasteiger partial charge in [0.2, 0.25) is 0 Å². The molecule has 0 N–H and O–H groups in total.